The van der Waals surface area contributed by atoms with Crippen LogP contribution in [0.4, 0.5) is 0 Å². The average Bonchev–Trinajstić information content (AvgIpc) is 3.21. The minimum Gasteiger partial charge on any atom is -0.492 e. The summed E-state index contributed by atoms with van der Waals surface area (Å²) in [6.07, 6.45) is -0.619. The lowest BCUT2D eigenvalue weighted by Crippen LogP contribution is -2.24. The van der Waals surface area contributed by atoms with E-state index in [0.29, 0.717) is 24.6 Å². The summed E-state index contributed by atoms with van der Waals surface area (Å²) in [5, 5.41) is 13.3. The highest BCUT2D eigenvalue weighted by Crippen LogP contribution is 2.22. The molecular weight excluding hydrogens is 480 g/mol. The van der Waals surface area contributed by atoms with Crippen LogP contribution in [0.15, 0.2) is 82.7 Å². The van der Waals surface area contributed by atoms with Gasteiger partial charge in [-0.25, -0.2) is 4.79 Å². The third-order valence-corrected chi connectivity index (χ3v) is 6.60. The van der Waals surface area contributed by atoms with Crippen LogP contribution < -0.4 is 9.61 Å². The Bertz CT molecular complexity index is 1410. The minimum absolute atomic E-state index is 0.0645. The first kappa shape index (κ1) is 25.2. The number of fused-ring (bicyclic) bond motifs is 1. The Labute approximate surface area is 212 Å². The number of rotatable bonds is 11. The maximum Gasteiger partial charge on any atom is 0.333 e. The fraction of sp³-hybridized carbons (Fsp3) is 0.222. The summed E-state index contributed by atoms with van der Waals surface area (Å²) in [6.45, 7) is 0.700. The molecule has 0 saturated heterocycles. The van der Waals surface area contributed by atoms with E-state index >= 15 is 0 Å². The van der Waals surface area contributed by atoms with Gasteiger partial charge in [-0.15, -0.1) is 0 Å². The second-order valence-corrected chi connectivity index (χ2v) is 8.94. The second-order valence-electron chi connectivity index (χ2n) is 7.95. The van der Waals surface area contributed by atoms with E-state index in [9.17, 15) is 9.59 Å². The number of aromatic nitrogens is 1. The first-order chi connectivity index (χ1) is 17.5. The third kappa shape index (κ3) is 5.81. The Morgan fingerprint density at radius 1 is 1.03 bits per heavy atom. The number of nitrogens with zero attached hydrogens (tertiary/aromatic N) is 2. The molecule has 1 heterocycles. The van der Waals surface area contributed by atoms with Crippen molar-refractivity contribution in [1.29, 1.82) is 0 Å². The van der Waals surface area contributed by atoms with E-state index < -0.39 is 12.1 Å². The summed E-state index contributed by atoms with van der Waals surface area (Å²) < 4.78 is 13.4. The Morgan fingerprint density at radius 3 is 2.44 bits per heavy atom. The van der Waals surface area contributed by atoms with Crippen molar-refractivity contribution in [3.05, 3.63) is 99.2 Å². The molecule has 8 nitrogen and oxygen atoms in total. The van der Waals surface area contributed by atoms with E-state index in [1.807, 2.05) is 60.7 Å². The quantitative estimate of drug-likeness (QED) is 0.242. The molecule has 0 saturated carbocycles. The van der Waals surface area contributed by atoms with Crippen molar-refractivity contribution in [2.75, 3.05) is 20.8 Å². The van der Waals surface area contributed by atoms with Gasteiger partial charge in [0.1, 0.15) is 25.2 Å². The molecule has 1 N–H and O–H groups in total. The molecule has 1 aromatic heterocycles. The summed E-state index contributed by atoms with van der Waals surface area (Å²) in [5.74, 6) is -0.359. The molecule has 0 radical (unpaired) electrons. The fourth-order valence-electron chi connectivity index (χ4n) is 3.85. The van der Waals surface area contributed by atoms with Crippen LogP contribution in [0.3, 0.4) is 0 Å². The van der Waals surface area contributed by atoms with Gasteiger partial charge in [-0.3, -0.25) is 9.36 Å². The Morgan fingerprint density at radius 2 is 1.78 bits per heavy atom. The van der Waals surface area contributed by atoms with Crippen LogP contribution in [-0.4, -0.2) is 48.3 Å². The number of thiazole rings is 1. The monoisotopic (exact) mass is 506 g/mol. The largest absolute Gasteiger partial charge is 0.492 e. The number of carboxylic acids is 1. The Hall–Kier alpha value is -3.95. The van der Waals surface area contributed by atoms with Gasteiger partial charge in [-0.1, -0.05) is 65.0 Å². The van der Waals surface area contributed by atoms with Gasteiger partial charge in [0.2, 0.25) is 0 Å². The highest BCUT2D eigenvalue weighted by atomic mass is 32.1. The van der Waals surface area contributed by atoms with Gasteiger partial charge in [0.05, 0.1) is 16.8 Å². The van der Waals surface area contributed by atoms with Crippen LogP contribution >= 0.6 is 11.3 Å². The first-order valence-electron chi connectivity index (χ1n) is 11.3. The number of ether oxygens (including phenoxy) is 2. The first-order valence-corrected chi connectivity index (χ1v) is 12.1. The predicted octanol–water partition coefficient (Wildman–Crippen LogP) is 4.18. The van der Waals surface area contributed by atoms with Crippen LogP contribution in [0, 0.1) is 0 Å². The number of oxime groups is 1. The fourth-order valence-corrected chi connectivity index (χ4v) is 4.80. The second kappa shape index (κ2) is 11.7. The van der Waals surface area contributed by atoms with Crippen molar-refractivity contribution in [3.8, 4) is 5.75 Å². The Balaban J connectivity index is 1.45. The number of carboxylic acid groups (broad SMARTS) is 1. The van der Waals surface area contributed by atoms with Crippen LogP contribution in [-0.2, 0) is 27.3 Å². The molecule has 0 spiro atoms. The Kier molecular flexibility index (Phi) is 8.14. The van der Waals surface area contributed by atoms with Gasteiger partial charge in [0.25, 0.3) is 0 Å². The third-order valence-electron chi connectivity index (χ3n) is 5.66. The molecule has 0 amide bonds. The molecule has 4 aromatic rings. The SMILES string of the molecule is CO/N=C(\c1ccccc1)c1ccc2c(c1)sc(=O)n2CCOc1ccc(CC(OC)C(=O)O)cc1. The number of aliphatic carboxylic acids is 1. The van der Waals surface area contributed by atoms with Crippen molar-refractivity contribution in [2.24, 2.45) is 5.16 Å². The van der Waals surface area contributed by atoms with Crippen LogP contribution in [0.1, 0.15) is 16.7 Å². The molecule has 0 aliphatic rings. The standard InChI is InChI=1S/C27H26N2O6S/c1-33-23(26(30)31)16-18-8-11-21(12-9-18)35-15-14-29-22-13-10-20(17-24(22)36-27(29)32)25(28-34-2)19-6-4-3-5-7-19/h3-13,17,23H,14-16H2,1-2H3,(H,30,31)/b28-25+. The molecule has 0 aliphatic heterocycles. The summed E-state index contributed by atoms with van der Waals surface area (Å²) in [7, 11) is 2.89. The van der Waals surface area contributed by atoms with E-state index in [1.54, 1.807) is 16.7 Å². The van der Waals surface area contributed by atoms with E-state index in [4.69, 9.17) is 19.4 Å². The lowest BCUT2D eigenvalue weighted by molar-refractivity contribution is -0.148. The number of hydrogen-bond acceptors (Lipinski definition) is 7. The maximum absolute atomic E-state index is 12.7. The molecule has 1 unspecified atom stereocenters. The summed E-state index contributed by atoms with van der Waals surface area (Å²) >= 11 is 1.18. The zero-order valence-corrected chi connectivity index (χ0v) is 20.7. The number of benzene rings is 3. The smallest absolute Gasteiger partial charge is 0.333 e. The summed E-state index contributed by atoms with van der Waals surface area (Å²) in [4.78, 5) is 28.8. The van der Waals surface area contributed by atoms with Crippen LogP contribution in [0.5, 0.6) is 5.75 Å². The average molecular weight is 507 g/mol. The molecule has 4 rings (SSSR count). The maximum atomic E-state index is 12.7. The normalized spacial score (nSPS) is 12.4. The molecule has 36 heavy (non-hydrogen) atoms. The van der Waals surface area contributed by atoms with Crippen molar-refractivity contribution < 1.29 is 24.2 Å². The van der Waals surface area contributed by atoms with Crippen molar-refractivity contribution in [1.82, 2.24) is 4.57 Å². The van der Waals surface area contributed by atoms with Gasteiger partial charge >= 0.3 is 10.8 Å². The van der Waals surface area contributed by atoms with Gasteiger partial charge < -0.3 is 19.4 Å². The molecular formula is C27H26N2O6S. The zero-order valence-electron chi connectivity index (χ0n) is 19.9. The van der Waals surface area contributed by atoms with E-state index in [2.05, 4.69) is 5.16 Å². The van der Waals surface area contributed by atoms with Crippen LogP contribution in [0.25, 0.3) is 10.2 Å². The van der Waals surface area contributed by atoms with E-state index in [1.165, 1.54) is 25.6 Å². The highest BCUT2D eigenvalue weighted by molar-refractivity contribution is 7.16. The molecule has 3 aromatic carbocycles. The van der Waals surface area contributed by atoms with Crippen molar-refractivity contribution in [2.45, 2.75) is 19.1 Å². The zero-order chi connectivity index (χ0) is 25.5. The van der Waals surface area contributed by atoms with Gasteiger partial charge in [-0.2, -0.15) is 0 Å². The molecule has 1 atom stereocenters. The molecule has 9 heteroatoms. The van der Waals surface area contributed by atoms with Crippen molar-refractivity contribution >= 4 is 33.2 Å². The number of carbonyl (C=O) groups is 1. The summed E-state index contributed by atoms with van der Waals surface area (Å²) in [6, 6.07) is 22.7. The lowest BCUT2D eigenvalue weighted by Gasteiger charge is -2.11. The topological polar surface area (TPSA) is 99.4 Å². The van der Waals surface area contributed by atoms with E-state index in [0.717, 1.165) is 26.9 Å². The minimum atomic E-state index is -0.999. The van der Waals surface area contributed by atoms with Gasteiger partial charge in [-0.05, 0) is 29.8 Å². The number of hydrogen-bond donors (Lipinski definition) is 1. The van der Waals surface area contributed by atoms with E-state index in [-0.39, 0.29) is 11.3 Å². The molecule has 0 aliphatic carbocycles. The lowest BCUT2D eigenvalue weighted by atomic mass is 10.0. The van der Waals surface area contributed by atoms with Crippen molar-refractivity contribution in [3.63, 3.8) is 0 Å². The van der Waals surface area contributed by atoms with Gasteiger partial charge in [0.15, 0.2) is 6.10 Å². The highest BCUT2D eigenvalue weighted by Gasteiger charge is 2.17. The number of methoxy groups -OCH3 is 1. The predicted molar refractivity (Wildman–Crippen MR) is 139 cm³/mol. The molecule has 0 fully saturated rings. The summed E-state index contributed by atoms with van der Waals surface area (Å²) in [5.41, 5.74) is 4.14. The molecule has 186 valence electrons. The van der Waals surface area contributed by atoms with Crippen LogP contribution in [0.2, 0.25) is 0 Å². The molecule has 0 bridgehead atoms. The van der Waals surface area contributed by atoms with Gasteiger partial charge in [0, 0.05) is 24.7 Å².